The number of hydrogen-bond acceptors (Lipinski definition) is 3. The molecule has 2 aromatic rings. The first-order valence-corrected chi connectivity index (χ1v) is 9.64. The number of nitrogens with zero attached hydrogens (tertiary/aromatic N) is 2. The van der Waals surface area contributed by atoms with E-state index in [4.69, 9.17) is 5.73 Å². The normalized spacial score (nSPS) is 15.2. The minimum absolute atomic E-state index is 0. The number of aryl methyl sites for hydroxylation is 2. The molecule has 1 heterocycles. The molecule has 3 rings (SSSR count). The number of rotatable bonds is 5. The van der Waals surface area contributed by atoms with Gasteiger partial charge in [-0.25, -0.2) is 4.99 Å². The van der Waals surface area contributed by atoms with Crippen molar-refractivity contribution in [3.8, 4) is 0 Å². The summed E-state index contributed by atoms with van der Waals surface area (Å²) in [6.45, 7) is 7.06. The molecule has 0 unspecified atom stereocenters. The van der Waals surface area contributed by atoms with Gasteiger partial charge >= 0.3 is 0 Å². The van der Waals surface area contributed by atoms with Crippen LogP contribution in [0.2, 0.25) is 0 Å². The number of benzene rings is 2. The fourth-order valence-corrected chi connectivity index (χ4v) is 3.37. The maximum absolute atomic E-state index is 9.26. The van der Waals surface area contributed by atoms with Gasteiger partial charge in [-0.05, 0) is 73.6 Å². The van der Waals surface area contributed by atoms with Gasteiger partial charge in [0.05, 0.1) is 6.54 Å². The number of hydrogen-bond donors (Lipinski definition) is 3. The van der Waals surface area contributed by atoms with E-state index in [2.05, 4.69) is 65.5 Å². The van der Waals surface area contributed by atoms with Gasteiger partial charge in [-0.1, -0.05) is 18.2 Å². The Bertz CT molecular complexity index is 784. The van der Waals surface area contributed by atoms with Crippen LogP contribution in [-0.4, -0.2) is 30.8 Å². The van der Waals surface area contributed by atoms with Crippen LogP contribution in [0.25, 0.3) is 0 Å². The lowest BCUT2D eigenvalue weighted by Gasteiger charge is -2.32. The zero-order valence-electron chi connectivity index (χ0n) is 16.7. The van der Waals surface area contributed by atoms with E-state index in [-0.39, 0.29) is 24.0 Å². The van der Waals surface area contributed by atoms with Crippen LogP contribution in [0.5, 0.6) is 0 Å². The Morgan fingerprint density at radius 2 is 1.79 bits per heavy atom. The van der Waals surface area contributed by atoms with Gasteiger partial charge in [0.1, 0.15) is 0 Å². The summed E-state index contributed by atoms with van der Waals surface area (Å²) in [6, 6.07) is 14.7. The van der Waals surface area contributed by atoms with Gasteiger partial charge in [0.25, 0.3) is 0 Å². The topological polar surface area (TPSA) is 73.9 Å². The van der Waals surface area contributed by atoms with Crippen molar-refractivity contribution in [2.75, 3.05) is 29.9 Å². The number of aliphatic imine (C=N–C) groups is 1. The Morgan fingerprint density at radius 3 is 2.39 bits per heavy atom. The van der Waals surface area contributed by atoms with E-state index in [0.29, 0.717) is 25.0 Å². The highest BCUT2D eigenvalue weighted by atomic mass is 127. The van der Waals surface area contributed by atoms with Gasteiger partial charge in [-0.2, -0.15) is 0 Å². The van der Waals surface area contributed by atoms with E-state index in [1.807, 2.05) is 6.07 Å². The number of aliphatic hydroxyl groups is 1. The summed E-state index contributed by atoms with van der Waals surface area (Å²) in [5, 5.41) is 12.4. The van der Waals surface area contributed by atoms with Crippen molar-refractivity contribution in [1.29, 1.82) is 0 Å². The summed E-state index contributed by atoms with van der Waals surface area (Å²) in [4.78, 5) is 6.83. The first-order valence-electron chi connectivity index (χ1n) is 9.64. The molecule has 1 aliphatic heterocycles. The molecule has 28 heavy (non-hydrogen) atoms. The molecule has 1 aliphatic rings. The van der Waals surface area contributed by atoms with E-state index < -0.39 is 0 Å². The van der Waals surface area contributed by atoms with Gasteiger partial charge in [0, 0.05) is 31.1 Å². The monoisotopic (exact) mass is 494 g/mol. The maximum atomic E-state index is 9.26. The SMILES string of the molecule is Cc1ccc(NC(N)=NCc2ccc(N3CCC(CO)CC3)cc2)cc1C.I. The predicted molar refractivity (Wildman–Crippen MR) is 129 cm³/mol. The second-order valence-corrected chi connectivity index (χ2v) is 7.40. The van der Waals surface area contributed by atoms with E-state index in [0.717, 1.165) is 37.2 Å². The molecule has 1 fully saturated rings. The summed E-state index contributed by atoms with van der Waals surface area (Å²) in [5.41, 5.74) is 11.8. The van der Waals surface area contributed by atoms with Crippen LogP contribution in [0.15, 0.2) is 47.5 Å². The average Bonchev–Trinajstić information content (AvgIpc) is 2.70. The van der Waals surface area contributed by atoms with Crippen molar-refractivity contribution in [3.05, 3.63) is 59.2 Å². The Hall–Kier alpha value is -1.80. The van der Waals surface area contributed by atoms with Crippen molar-refractivity contribution in [2.45, 2.75) is 33.2 Å². The first kappa shape index (κ1) is 22.5. The van der Waals surface area contributed by atoms with Crippen molar-refractivity contribution in [2.24, 2.45) is 16.6 Å². The Balaban J connectivity index is 0.00000280. The summed E-state index contributed by atoms with van der Waals surface area (Å²) in [7, 11) is 0. The van der Waals surface area contributed by atoms with Crippen molar-refractivity contribution < 1.29 is 5.11 Å². The lowest BCUT2D eigenvalue weighted by atomic mass is 9.97. The smallest absolute Gasteiger partial charge is 0.193 e. The minimum atomic E-state index is 0. The summed E-state index contributed by atoms with van der Waals surface area (Å²) < 4.78 is 0. The zero-order chi connectivity index (χ0) is 19.2. The third-order valence-electron chi connectivity index (χ3n) is 5.39. The van der Waals surface area contributed by atoms with Crippen LogP contribution >= 0.6 is 24.0 Å². The van der Waals surface area contributed by atoms with Crippen LogP contribution in [0.3, 0.4) is 0 Å². The van der Waals surface area contributed by atoms with Gasteiger partial charge in [0.15, 0.2) is 5.96 Å². The number of guanidine groups is 1. The van der Waals surface area contributed by atoms with E-state index >= 15 is 0 Å². The molecule has 5 nitrogen and oxygen atoms in total. The number of nitrogens with two attached hydrogens (primary N) is 1. The van der Waals surface area contributed by atoms with Crippen LogP contribution in [-0.2, 0) is 6.54 Å². The third kappa shape index (κ3) is 6.10. The maximum Gasteiger partial charge on any atom is 0.193 e. The van der Waals surface area contributed by atoms with E-state index in [9.17, 15) is 5.11 Å². The van der Waals surface area contributed by atoms with Crippen molar-refractivity contribution >= 4 is 41.3 Å². The fraction of sp³-hybridized carbons (Fsp3) is 0.409. The molecule has 0 saturated carbocycles. The second kappa shape index (κ2) is 10.7. The van der Waals surface area contributed by atoms with Crippen molar-refractivity contribution in [3.63, 3.8) is 0 Å². The molecule has 4 N–H and O–H groups in total. The molecule has 152 valence electrons. The number of halogens is 1. The molecule has 0 radical (unpaired) electrons. The highest BCUT2D eigenvalue weighted by Crippen LogP contribution is 2.23. The quantitative estimate of drug-likeness (QED) is 0.333. The number of piperidine rings is 1. The first-order chi connectivity index (χ1) is 13.0. The highest BCUT2D eigenvalue weighted by molar-refractivity contribution is 14.0. The molecular formula is C22H31IN4O. The van der Waals surface area contributed by atoms with Gasteiger partial charge in [0.2, 0.25) is 0 Å². The molecule has 0 amide bonds. The Kier molecular flexibility index (Phi) is 8.57. The molecule has 0 atom stereocenters. The fourth-order valence-electron chi connectivity index (χ4n) is 3.37. The van der Waals surface area contributed by atoms with Crippen LogP contribution in [0.1, 0.15) is 29.5 Å². The molecule has 0 aromatic heterocycles. The summed E-state index contributed by atoms with van der Waals surface area (Å²) in [5.74, 6) is 0.885. The molecule has 1 saturated heterocycles. The predicted octanol–water partition coefficient (Wildman–Crippen LogP) is 4.06. The Labute approximate surface area is 185 Å². The summed E-state index contributed by atoms with van der Waals surface area (Å²) >= 11 is 0. The number of nitrogens with one attached hydrogen (secondary N) is 1. The lowest BCUT2D eigenvalue weighted by molar-refractivity contribution is 0.203. The zero-order valence-corrected chi connectivity index (χ0v) is 19.0. The van der Waals surface area contributed by atoms with E-state index in [1.165, 1.54) is 16.8 Å². The molecule has 0 aliphatic carbocycles. The lowest BCUT2D eigenvalue weighted by Crippen LogP contribution is -2.34. The molecule has 6 heteroatoms. The van der Waals surface area contributed by atoms with Gasteiger partial charge in [-0.3, -0.25) is 0 Å². The van der Waals surface area contributed by atoms with Gasteiger partial charge < -0.3 is 21.1 Å². The molecule has 2 aromatic carbocycles. The summed E-state index contributed by atoms with van der Waals surface area (Å²) in [6.07, 6.45) is 2.12. The Morgan fingerprint density at radius 1 is 1.11 bits per heavy atom. The van der Waals surface area contributed by atoms with Crippen LogP contribution in [0, 0.1) is 19.8 Å². The number of anilines is 2. The largest absolute Gasteiger partial charge is 0.396 e. The highest BCUT2D eigenvalue weighted by Gasteiger charge is 2.18. The van der Waals surface area contributed by atoms with Crippen LogP contribution in [0.4, 0.5) is 11.4 Å². The standard InChI is InChI=1S/C22H30N4O.HI/c1-16-3-6-20(13-17(16)2)25-22(23)24-14-18-4-7-21(8-5-18)26-11-9-19(15-27)10-12-26;/h3-8,13,19,27H,9-12,14-15H2,1-2H3,(H3,23,24,25);1H. The molecule has 0 spiro atoms. The molecule has 0 bridgehead atoms. The van der Waals surface area contributed by atoms with Crippen molar-refractivity contribution in [1.82, 2.24) is 0 Å². The van der Waals surface area contributed by atoms with Gasteiger partial charge in [-0.15, -0.1) is 24.0 Å². The number of aliphatic hydroxyl groups excluding tert-OH is 1. The minimum Gasteiger partial charge on any atom is -0.396 e. The average molecular weight is 494 g/mol. The third-order valence-corrected chi connectivity index (χ3v) is 5.39. The van der Waals surface area contributed by atoms with Crippen LogP contribution < -0.4 is 16.0 Å². The molecular weight excluding hydrogens is 463 g/mol. The van der Waals surface area contributed by atoms with E-state index in [1.54, 1.807) is 0 Å². The second-order valence-electron chi connectivity index (χ2n) is 7.40.